The van der Waals surface area contributed by atoms with Crippen molar-refractivity contribution in [3.05, 3.63) is 42.2 Å². The minimum absolute atomic E-state index is 0.196. The van der Waals surface area contributed by atoms with Gasteiger partial charge < -0.3 is 10.6 Å². The Morgan fingerprint density at radius 3 is 2.43 bits per heavy atom. The minimum atomic E-state index is -4.37. The topological polar surface area (TPSA) is 49.8 Å². The average molecular weight is 296 g/mol. The summed E-state index contributed by atoms with van der Waals surface area (Å²) < 4.78 is 38.0. The van der Waals surface area contributed by atoms with Crippen molar-refractivity contribution >= 4 is 17.3 Å². The quantitative estimate of drug-likeness (QED) is 0.893. The highest BCUT2D eigenvalue weighted by molar-refractivity contribution is 5.59. The maximum Gasteiger partial charge on any atom is 0.416 e. The smallest absolute Gasteiger partial charge is 0.368 e. The molecular weight excluding hydrogens is 281 g/mol. The van der Waals surface area contributed by atoms with Crippen LogP contribution in [0, 0.1) is 0 Å². The van der Waals surface area contributed by atoms with Crippen molar-refractivity contribution in [2.24, 2.45) is 0 Å². The molecule has 0 amide bonds. The van der Waals surface area contributed by atoms with Gasteiger partial charge in [0.05, 0.1) is 5.56 Å². The third kappa shape index (κ3) is 4.34. The standard InChI is InChI=1S/C14H15F3N4/c1-9(2)20-12-7-13(19-8-18-12)21-11-5-3-4-10(6-11)14(15,16)17/h3-9H,1-2H3,(H2,18,19,20,21). The Hall–Kier alpha value is -2.31. The van der Waals surface area contributed by atoms with Crippen molar-refractivity contribution in [3.8, 4) is 0 Å². The van der Waals surface area contributed by atoms with Gasteiger partial charge in [-0.15, -0.1) is 0 Å². The maximum atomic E-state index is 12.7. The normalized spacial score (nSPS) is 11.5. The molecule has 1 aromatic heterocycles. The van der Waals surface area contributed by atoms with E-state index in [9.17, 15) is 13.2 Å². The Morgan fingerprint density at radius 1 is 1.05 bits per heavy atom. The van der Waals surface area contributed by atoms with Crippen molar-refractivity contribution < 1.29 is 13.2 Å². The van der Waals surface area contributed by atoms with Gasteiger partial charge in [0.2, 0.25) is 0 Å². The van der Waals surface area contributed by atoms with Crippen LogP contribution in [0.4, 0.5) is 30.5 Å². The van der Waals surface area contributed by atoms with Gasteiger partial charge in [-0.1, -0.05) is 6.07 Å². The van der Waals surface area contributed by atoms with E-state index in [-0.39, 0.29) is 6.04 Å². The molecular formula is C14H15F3N4. The fraction of sp³-hybridized carbons (Fsp3) is 0.286. The Morgan fingerprint density at radius 2 is 1.76 bits per heavy atom. The third-order valence-corrected chi connectivity index (χ3v) is 2.57. The Kier molecular flexibility index (Phi) is 4.30. The number of rotatable bonds is 4. The largest absolute Gasteiger partial charge is 0.416 e. The Labute approximate surface area is 120 Å². The summed E-state index contributed by atoms with van der Waals surface area (Å²) in [6.07, 6.45) is -3.02. The zero-order valence-electron chi connectivity index (χ0n) is 11.6. The molecule has 1 aromatic carbocycles. The van der Waals surface area contributed by atoms with Gasteiger partial charge in [-0.3, -0.25) is 0 Å². The predicted octanol–water partition coefficient (Wildman–Crippen LogP) is 4.06. The Bertz CT molecular complexity index is 611. The summed E-state index contributed by atoms with van der Waals surface area (Å²) in [6.45, 7) is 3.92. The number of benzene rings is 1. The summed E-state index contributed by atoms with van der Waals surface area (Å²) in [5.41, 5.74) is -0.388. The van der Waals surface area contributed by atoms with Crippen LogP contribution in [0.5, 0.6) is 0 Å². The van der Waals surface area contributed by atoms with E-state index in [1.165, 1.54) is 12.4 Å². The highest BCUT2D eigenvalue weighted by Gasteiger charge is 2.30. The molecule has 1 heterocycles. The fourth-order valence-corrected chi connectivity index (χ4v) is 1.72. The van der Waals surface area contributed by atoms with Crippen LogP contribution in [0.15, 0.2) is 36.7 Å². The van der Waals surface area contributed by atoms with Gasteiger partial charge in [-0.25, -0.2) is 9.97 Å². The van der Waals surface area contributed by atoms with Crippen LogP contribution in [0.3, 0.4) is 0 Å². The summed E-state index contributed by atoms with van der Waals surface area (Å²) in [6, 6.07) is 6.79. The molecule has 0 saturated carbocycles. The maximum absolute atomic E-state index is 12.7. The first-order chi connectivity index (χ1) is 9.84. The first-order valence-corrected chi connectivity index (χ1v) is 6.37. The van der Waals surface area contributed by atoms with Gasteiger partial charge in [0.15, 0.2) is 0 Å². The molecule has 0 aliphatic carbocycles. The van der Waals surface area contributed by atoms with Crippen LogP contribution in [0.1, 0.15) is 19.4 Å². The summed E-state index contributed by atoms with van der Waals surface area (Å²) in [5.74, 6) is 1.03. The number of hydrogen-bond acceptors (Lipinski definition) is 4. The number of aromatic nitrogens is 2. The lowest BCUT2D eigenvalue weighted by Crippen LogP contribution is -2.11. The van der Waals surface area contributed by atoms with E-state index >= 15 is 0 Å². The van der Waals surface area contributed by atoms with Crippen molar-refractivity contribution in [3.63, 3.8) is 0 Å². The number of anilines is 3. The second-order valence-corrected chi connectivity index (χ2v) is 4.79. The summed E-state index contributed by atoms with van der Waals surface area (Å²) >= 11 is 0. The molecule has 2 N–H and O–H groups in total. The molecule has 7 heteroatoms. The molecule has 21 heavy (non-hydrogen) atoms. The molecule has 0 aliphatic heterocycles. The van der Waals surface area contributed by atoms with E-state index in [0.717, 1.165) is 12.1 Å². The zero-order chi connectivity index (χ0) is 15.5. The lowest BCUT2D eigenvalue weighted by atomic mass is 10.2. The van der Waals surface area contributed by atoms with E-state index in [0.29, 0.717) is 17.3 Å². The van der Waals surface area contributed by atoms with E-state index in [4.69, 9.17) is 0 Å². The molecule has 0 spiro atoms. The summed E-state index contributed by atoms with van der Waals surface area (Å²) in [7, 11) is 0. The second-order valence-electron chi connectivity index (χ2n) is 4.79. The van der Waals surface area contributed by atoms with E-state index in [1.54, 1.807) is 12.1 Å². The van der Waals surface area contributed by atoms with E-state index < -0.39 is 11.7 Å². The highest BCUT2D eigenvalue weighted by atomic mass is 19.4. The van der Waals surface area contributed by atoms with Gasteiger partial charge in [0, 0.05) is 17.8 Å². The lowest BCUT2D eigenvalue weighted by Gasteiger charge is -2.12. The Balaban J connectivity index is 2.18. The molecule has 2 aromatic rings. The molecule has 0 atom stereocenters. The molecule has 0 unspecified atom stereocenters. The van der Waals surface area contributed by atoms with Crippen LogP contribution in [0.25, 0.3) is 0 Å². The molecule has 2 rings (SSSR count). The number of nitrogens with one attached hydrogen (secondary N) is 2. The van der Waals surface area contributed by atoms with Crippen LogP contribution in [0.2, 0.25) is 0 Å². The molecule has 112 valence electrons. The van der Waals surface area contributed by atoms with Gasteiger partial charge in [-0.05, 0) is 32.0 Å². The molecule has 0 bridgehead atoms. The molecule has 0 aliphatic rings. The van der Waals surface area contributed by atoms with Crippen molar-refractivity contribution in [1.82, 2.24) is 9.97 Å². The van der Waals surface area contributed by atoms with Crippen LogP contribution in [-0.4, -0.2) is 16.0 Å². The predicted molar refractivity (Wildman–Crippen MR) is 75.5 cm³/mol. The fourth-order valence-electron chi connectivity index (χ4n) is 1.72. The molecule has 0 radical (unpaired) electrons. The van der Waals surface area contributed by atoms with Gasteiger partial charge in [0.25, 0.3) is 0 Å². The van der Waals surface area contributed by atoms with Gasteiger partial charge >= 0.3 is 6.18 Å². The van der Waals surface area contributed by atoms with Gasteiger partial charge in [0.1, 0.15) is 18.0 Å². The van der Waals surface area contributed by atoms with Crippen LogP contribution < -0.4 is 10.6 Å². The van der Waals surface area contributed by atoms with Crippen LogP contribution >= 0.6 is 0 Å². The number of nitrogens with zero attached hydrogens (tertiary/aromatic N) is 2. The van der Waals surface area contributed by atoms with Crippen LogP contribution in [-0.2, 0) is 6.18 Å². The van der Waals surface area contributed by atoms with E-state index in [1.807, 2.05) is 13.8 Å². The molecule has 4 nitrogen and oxygen atoms in total. The second kappa shape index (κ2) is 5.99. The highest BCUT2D eigenvalue weighted by Crippen LogP contribution is 2.31. The molecule has 0 fully saturated rings. The molecule has 0 saturated heterocycles. The summed E-state index contributed by atoms with van der Waals surface area (Å²) in [4.78, 5) is 8.03. The SMILES string of the molecule is CC(C)Nc1cc(Nc2cccc(C(F)(F)F)c2)ncn1. The van der Waals surface area contributed by atoms with E-state index in [2.05, 4.69) is 20.6 Å². The monoisotopic (exact) mass is 296 g/mol. The van der Waals surface area contributed by atoms with Crippen molar-refractivity contribution in [1.29, 1.82) is 0 Å². The summed E-state index contributed by atoms with van der Waals surface area (Å²) in [5, 5.41) is 5.93. The first kappa shape index (κ1) is 15.1. The zero-order valence-corrected chi connectivity index (χ0v) is 11.6. The number of hydrogen-bond donors (Lipinski definition) is 2. The first-order valence-electron chi connectivity index (χ1n) is 6.37. The number of alkyl halides is 3. The lowest BCUT2D eigenvalue weighted by molar-refractivity contribution is -0.137. The average Bonchev–Trinajstić information content (AvgIpc) is 2.37. The minimum Gasteiger partial charge on any atom is -0.368 e. The van der Waals surface area contributed by atoms with Crippen molar-refractivity contribution in [2.75, 3.05) is 10.6 Å². The van der Waals surface area contributed by atoms with Gasteiger partial charge in [-0.2, -0.15) is 13.2 Å². The number of halogens is 3. The van der Waals surface area contributed by atoms with Crippen molar-refractivity contribution in [2.45, 2.75) is 26.1 Å². The third-order valence-electron chi connectivity index (χ3n) is 2.57.